The average molecular weight is 497 g/mol. The molecule has 188 valence electrons. The van der Waals surface area contributed by atoms with Gasteiger partial charge in [0.15, 0.2) is 5.49 Å². The van der Waals surface area contributed by atoms with E-state index in [9.17, 15) is 9.59 Å². The van der Waals surface area contributed by atoms with Crippen LogP contribution < -0.4 is 16.0 Å². The minimum atomic E-state index is -0.211. The van der Waals surface area contributed by atoms with Gasteiger partial charge in [-0.1, -0.05) is 12.1 Å². The smallest absolute Gasteiger partial charge is 0.321 e. The van der Waals surface area contributed by atoms with Gasteiger partial charge in [-0.2, -0.15) is 5.10 Å². The van der Waals surface area contributed by atoms with Crippen molar-refractivity contribution < 1.29 is 9.59 Å². The number of carbonyl (C=O) groups excluding carboxylic acids is 2. The van der Waals surface area contributed by atoms with Gasteiger partial charge >= 0.3 is 6.03 Å². The van der Waals surface area contributed by atoms with Crippen molar-refractivity contribution in [1.82, 2.24) is 30.0 Å². The van der Waals surface area contributed by atoms with Crippen molar-refractivity contribution in [3.8, 4) is 11.4 Å². The third-order valence-electron chi connectivity index (χ3n) is 6.99. The van der Waals surface area contributed by atoms with Crippen LogP contribution in [0.2, 0.25) is 0 Å². The van der Waals surface area contributed by atoms with Gasteiger partial charge in [-0.3, -0.25) is 19.9 Å². The molecule has 2 aliphatic rings. The normalized spacial score (nSPS) is 16.7. The van der Waals surface area contributed by atoms with Gasteiger partial charge < -0.3 is 20.1 Å². The number of hydrogen-bond donors (Lipinski definition) is 3. The summed E-state index contributed by atoms with van der Waals surface area (Å²) in [5.74, 6) is 0.0531. The Morgan fingerprint density at radius 2 is 1.97 bits per heavy atom. The number of urea groups is 1. The van der Waals surface area contributed by atoms with E-state index in [1.807, 2.05) is 35.2 Å². The van der Waals surface area contributed by atoms with Gasteiger partial charge in [0.05, 0.1) is 24.1 Å². The molecule has 37 heavy (non-hydrogen) atoms. The van der Waals surface area contributed by atoms with Crippen molar-refractivity contribution in [2.45, 2.75) is 18.8 Å². The van der Waals surface area contributed by atoms with Crippen LogP contribution in [0.5, 0.6) is 0 Å². The second-order valence-electron chi connectivity index (χ2n) is 9.73. The van der Waals surface area contributed by atoms with E-state index in [1.54, 1.807) is 26.5 Å². The molecule has 3 amide bonds. The maximum atomic E-state index is 13.2. The quantitative estimate of drug-likeness (QED) is 0.402. The van der Waals surface area contributed by atoms with Gasteiger partial charge in [0.1, 0.15) is 5.69 Å². The van der Waals surface area contributed by atoms with E-state index in [2.05, 4.69) is 31.6 Å². The number of H-pyrrole nitrogens is 2. The average Bonchev–Trinajstić information content (AvgIpc) is 3.67. The van der Waals surface area contributed by atoms with E-state index in [0.717, 1.165) is 64.5 Å². The summed E-state index contributed by atoms with van der Waals surface area (Å²) < 4.78 is 0. The third-order valence-corrected chi connectivity index (χ3v) is 6.99. The second kappa shape index (κ2) is 9.20. The molecular formula is C27H28N8O2. The fraction of sp³-hybridized carbons (Fsp3) is 0.296. The van der Waals surface area contributed by atoms with Gasteiger partial charge in [0.2, 0.25) is 0 Å². The largest absolute Gasteiger partial charge is 0.353 e. The molecular weight excluding hydrogens is 468 g/mol. The molecule has 3 aromatic heterocycles. The Morgan fingerprint density at radius 1 is 1.14 bits per heavy atom. The number of amides is 3. The highest BCUT2D eigenvalue weighted by Gasteiger charge is 2.23. The molecule has 0 spiro atoms. The Morgan fingerprint density at radius 3 is 2.78 bits per heavy atom. The highest BCUT2D eigenvalue weighted by Crippen LogP contribution is 2.27. The maximum absolute atomic E-state index is 13.2. The molecule has 3 N–H and O–H groups in total. The number of aromatic amines is 2. The molecule has 6 rings (SSSR count). The molecule has 0 aliphatic carbocycles. The van der Waals surface area contributed by atoms with E-state index in [1.165, 1.54) is 4.90 Å². The molecule has 4 aromatic rings. The lowest BCUT2D eigenvalue weighted by Gasteiger charge is -2.15. The minimum Gasteiger partial charge on any atom is -0.353 e. The van der Waals surface area contributed by atoms with Crippen LogP contribution in [0, 0.1) is 0 Å². The van der Waals surface area contributed by atoms with Gasteiger partial charge in [-0.15, -0.1) is 0 Å². The van der Waals surface area contributed by atoms with E-state index >= 15 is 0 Å². The number of nitrogens with zero attached hydrogens (tertiary/aromatic N) is 5. The number of nitrogens with one attached hydrogen (secondary N) is 3. The molecule has 0 radical (unpaired) electrons. The number of rotatable bonds is 4. The SMILES string of the molecule is CN(C)C(=O)Nc1cncc(C2C=c3c(-c4cc5c(C(=O)N6CCCC6)cccc5[nH]4)n[nH]c3=NC2)c1. The van der Waals surface area contributed by atoms with E-state index in [0.29, 0.717) is 17.8 Å². The summed E-state index contributed by atoms with van der Waals surface area (Å²) in [6.45, 7) is 2.17. The third kappa shape index (κ3) is 4.24. The van der Waals surface area contributed by atoms with Crippen molar-refractivity contribution in [2.24, 2.45) is 4.99 Å². The van der Waals surface area contributed by atoms with Crippen molar-refractivity contribution >= 4 is 34.6 Å². The van der Waals surface area contributed by atoms with Gasteiger partial charge in [0.25, 0.3) is 5.91 Å². The number of pyridine rings is 1. The molecule has 1 aromatic carbocycles. The molecule has 1 saturated heterocycles. The number of aromatic nitrogens is 4. The Bertz CT molecular complexity index is 1630. The summed E-state index contributed by atoms with van der Waals surface area (Å²) in [4.78, 5) is 41.1. The predicted octanol–water partition coefficient (Wildman–Crippen LogP) is 2.48. The highest BCUT2D eigenvalue weighted by molar-refractivity contribution is 6.07. The Kier molecular flexibility index (Phi) is 5.71. The first-order valence-electron chi connectivity index (χ1n) is 12.4. The van der Waals surface area contributed by atoms with Gasteiger partial charge in [-0.05, 0) is 42.7 Å². The monoisotopic (exact) mass is 496 g/mol. The zero-order valence-electron chi connectivity index (χ0n) is 20.8. The summed E-state index contributed by atoms with van der Waals surface area (Å²) in [6.07, 6.45) is 7.68. The van der Waals surface area contributed by atoms with Gasteiger partial charge in [-0.25, -0.2) is 4.79 Å². The summed E-state index contributed by atoms with van der Waals surface area (Å²) in [6, 6.07) is 9.51. The lowest BCUT2D eigenvalue weighted by Crippen LogP contribution is -2.30. The fourth-order valence-electron chi connectivity index (χ4n) is 4.99. The highest BCUT2D eigenvalue weighted by atomic mass is 16.2. The number of benzene rings is 1. The van der Waals surface area contributed by atoms with Crippen LogP contribution in [-0.2, 0) is 0 Å². The zero-order valence-corrected chi connectivity index (χ0v) is 20.8. The summed E-state index contributed by atoms with van der Waals surface area (Å²) in [7, 11) is 3.38. The van der Waals surface area contributed by atoms with Crippen LogP contribution in [0.15, 0.2) is 47.7 Å². The maximum Gasteiger partial charge on any atom is 0.321 e. The van der Waals surface area contributed by atoms with Crippen LogP contribution in [0.1, 0.15) is 34.7 Å². The lowest BCUT2D eigenvalue weighted by atomic mass is 9.97. The Hall–Kier alpha value is -4.47. The lowest BCUT2D eigenvalue weighted by molar-refractivity contribution is 0.0794. The topological polar surface area (TPSA) is 122 Å². The zero-order chi connectivity index (χ0) is 25.5. The first kappa shape index (κ1) is 23.0. The minimum absolute atomic E-state index is 0.0239. The number of likely N-dealkylation sites (tertiary alicyclic amines) is 1. The summed E-state index contributed by atoms with van der Waals surface area (Å²) in [5.41, 5.74) is 5.50. The van der Waals surface area contributed by atoms with E-state index in [-0.39, 0.29) is 17.9 Å². The van der Waals surface area contributed by atoms with Crippen LogP contribution in [0.25, 0.3) is 28.4 Å². The van der Waals surface area contributed by atoms with E-state index in [4.69, 9.17) is 4.99 Å². The molecule has 1 fully saturated rings. The molecule has 1 atom stereocenters. The molecule has 0 saturated carbocycles. The number of anilines is 1. The molecule has 10 nitrogen and oxygen atoms in total. The van der Waals surface area contributed by atoms with Gasteiger partial charge in [0, 0.05) is 61.0 Å². The first-order chi connectivity index (χ1) is 18.0. The van der Waals surface area contributed by atoms with Crippen molar-refractivity contribution in [1.29, 1.82) is 0 Å². The Labute approximate surface area is 213 Å². The second-order valence-corrected chi connectivity index (χ2v) is 9.73. The fourth-order valence-corrected chi connectivity index (χ4v) is 4.99. The molecule has 1 unspecified atom stereocenters. The molecule has 2 aliphatic heterocycles. The van der Waals surface area contributed by atoms with Crippen LogP contribution in [0.3, 0.4) is 0 Å². The van der Waals surface area contributed by atoms with Crippen molar-refractivity contribution in [2.75, 3.05) is 39.0 Å². The number of fused-ring (bicyclic) bond motifs is 2. The van der Waals surface area contributed by atoms with Crippen molar-refractivity contribution in [3.05, 3.63) is 64.6 Å². The predicted molar refractivity (Wildman–Crippen MR) is 141 cm³/mol. The summed E-state index contributed by atoms with van der Waals surface area (Å²) >= 11 is 0. The molecule has 10 heteroatoms. The number of hydrogen-bond acceptors (Lipinski definition) is 5. The van der Waals surface area contributed by atoms with Crippen molar-refractivity contribution in [3.63, 3.8) is 0 Å². The molecule has 0 bridgehead atoms. The van der Waals surface area contributed by atoms with Crippen LogP contribution in [0.4, 0.5) is 10.5 Å². The van der Waals surface area contributed by atoms with Crippen LogP contribution >= 0.6 is 0 Å². The standard InChI is InChI=1S/C27H28N8O2/c1-34(2)27(37)30-18-10-16(13-28-15-18)17-11-21-24(32-33-25(21)29-14-17)23-12-20-19(6-5-7-22(20)31-23)26(36)35-8-3-4-9-35/h5-7,10-13,15,17,31H,3-4,8-9,14H2,1-2H3,(H,29,33)(H,30,37). The molecule has 5 heterocycles. The number of carbonyl (C=O) groups is 2. The van der Waals surface area contributed by atoms with E-state index < -0.39 is 0 Å². The Balaban J connectivity index is 1.35. The van der Waals surface area contributed by atoms with Crippen LogP contribution in [-0.4, -0.2) is 75.6 Å². The summed E-state index contributed by atoms with van der Waals surface area (Å²) in [5, 5.41) is 12.3. The first-order valence-corrected chi connectivity index (χ1v) is 12.4.